The van der Waals surface area contributed by atoms with E-state index in [1.807, 2.05) is 0 Å². The Balaban J connectivity index is 4.12. The van der Waals surface area contributed by atoms with Gasteiger partial charge in [-0.1, -0.05) is 122 Å². The van der Waals surface area contributed by atoms with E-state index in [9.17, 15) is 19.0 Å². The number of carbonyl (C=O) groups is 2. The molecule has 0 spiro atoms. The highest BCUT2D eigenvalue weighted by Crippen LogP contribution is 2.42. The molecule has 0 aliphatic carbocycles. The van der Waals surface area contributed by atoms with Gasteiger partial charge in [0.1, 0.15) is 6.61 Å². The van der Waals surface area contributed by atoms with E-state index < -0.39 is 26.5 Å². The van der Waals surface area contributed by atoms with Crippen molar-refractivity contribution in [1.82, 2.24) is 0 Å². The summed E-state index contributed by atoms with van der Waals surface area (Å²) in [6, 6.07) is 0. The number of phosphoric ester groups is 1. The molecule has 0 aromatic carbocycles. The highest BCUT2D eigenvalue weighted by Gasteiger charge is 2.24. The fourth-order valence-electron chi connectivity index (χ4n) is 4.59. The van der Waals surface area contributed by atoms with E-state index in [2.05, 4.69) is 30.5 Å². The van der Waals surface area contributed by atoms with Gasteiger partial charge in [0.05, 0.1) is 6.61 Å². The van der Waals surface area contributed by atoms with Crippen molar-refractivity contribution in [2.24, 2.45) is 0 Å². The zero-order valence-corrected chi connectivity index (χ0v) is 28.1. The first-order valence-electron chi connectivity index (χ1n) is 16.9. The summed E-state index contributed by atoms with van der Waals surface area (Å²) in [4.78, 5) is 34.1. The minimum absolute atomic E-state index is 0.224. The Kier molecular flexibility index (Phi) is 29.0. The lowest BCUT2D eigenvalue weighted by molar-refractivity contribution is -0.161. The first kappa shape index (κ1) is 40.8. The summed E-state index contributed by atoms with van der Waals surface area (Å²) in [6.07, 6.45) is 28.4. The van der Waals surface area contributed by atoms with Gasteiger partial charge < -0.3 is 14.4 Å². The van der Waals surface area contributed by atoms with Crippen LogP contribution in [0.4, 0.5) is 0 Å². The minimum atomic E-state index is -4.24. The standard InChI is InChI=1S/C33H63O8P/c1-4-6-8-10-12-14-15-16-17-18-20-22-24-26-28-33(35)41-31(30-40-42(36,37)38-3)29-39-32(34)27-25-23-21-19-13-11-9-7-5-2/h15-16,31H,4-14,17-30H2,1-3H3,(H,36,37)/b16-15-. The van der Waals surface area contributed by atoms with Crippen LogP contribution in [-0.2, 0) is 32.7 Å². The molecule has 0 heterocycles. The molecule has 2 atom stereocenters. The molecular weight excluding hydrogens is 555 g/mol. The molecule has 1 N–H and O–H groups in total. The largest absolute Gasteiger partial charge is 0.472 e. The van der Waals surface area contributed by atoms with Crippen molar-refractivity contribution in [2.75, 3.05) is 20.3 Å². The van der Waals surface area contributed by atoms with Gasteiger partial charge in [0.2, 0.25) is 0 Å². The number of unbranched alkanes of at least 4 members (excludes halogenated alkanes) is 18. The van der Waals surface area contributed by atoms with Gasteiger partial charge in [-0.2, -0.15) is 0 Å². The molecule has 8 nitrogen and oxygen atoms in total. The van der Waals surface area contributed by atoms with Crippen molar-refractivity contribution < 1.29 is 37.6 Å². The lowest BCUT2D eigenvalue weighted by Crippen LogP contribution is -2.29. The highest BCUT2D eigenvalue weighted by atomic mass is 31.2. The third-order valence-corrected chi connectivity index (χ3v) is 8.20. The Labute approximate surface area is 257 Å². The third kappa shape index (κ3) is 28.9. The van der Waals surface area contributed by atoms with Crippen LogP contribution in [-0.4, -0.2) is 43.3 Å². The van der Waals surface area contributed by atoms with Crippen LogP contribution >= 0.6 is 7.82 Å². The Morgan fingerprint density at radius 2 is 1.07 bits per heavy atom. The minimum Gasteiger partial charge on any atom is -0.462 e. The normalized spacial score (nSPS) is 13.7. The quantitative estimate of drug-likeness (QED) is 0.0354. The first-order chi connectivity index (χ1) is 20.3. The van der Waals surface area contributed by atoms with Crippen LogP contribution in [0.3, 0.4) is 0 Å². The highest BCUT2D eigenvalue weighted by molar-refractivity contribution is 7.47. The van der Waals surface area contributed by atoms with Crippen LogP contribution in [0.5, 0.6) is 0 Å². The SMILES string of the molecule is CCCCCCC/C=C\CCCCCCCC(=O)OC(COC(=O)CCCCCCCCCCC)COP(=O)(O)OC. The molecule has 0 aromatic rings. The molecule has 0 saturated heterocycles. The summed E-state index contributed by atoms with van der Waals surface area (Å²) < 4.78 is 31.7. The lowest BCUT2D eigenvalue weighted by Gasteiger charge is -2.19. The average molecular weight is 619 g/mol. The summed E-state index contributed by atoms with van der Waals surface area (Å²) in [6.45, 7) is 3.83. The van der Waals surface area contributed by atoms with Gasteiger partial charge in [0.25, 0.3) is 0 Å². The van der Waals surface area contributed by atoms with Gasteiger partial charge in [-0.05, 0) is 38.5 Å². The predicted molar refractivity (Wildman–Crippen MR) is 170 cm³/mol. The maximum absolute atomic E-state index is 12.4. The molecule has 2 unspecified atom stereocenters. The van der Waals surface area contributed by atoms with Gasteiger partial charge in [-0.3, -0.25) is 18.6 Å². The molecule has 0 saturated carbocycles. The summed E-state index contributed by atoms with van der Waals surface area (Å²) in [5, 5.41) is 0. The zero-order valence-electron chi connectivity index (χ0n) is 27.2. The molecule has 0 aliphatic heterocycles. The van der Waals surface area contributed by atoms with Gasteiger partial charge in [0, 0.05) is 20.0 Å². The van der Waals surface area contributed by atoms with Crippen molar-refractivity contribution in [1.29, 1.82) is 0 Å². The van der Waals surface area contributed by atoms with Gasteiger partial charge in [0.15, 0.2) is 6.10 Å². The molecule has 248 valence electrons. The number of carbonyl (C=O) groups excluding carboxylic acids is 2. The van der Waals surface area contributed by atoms with Crippen LogP contribution in [0, 0.1) is 0 Å². The molecule has 0 amide bonds. The fourth-order valence-corrected chi connectivity index (χ4v) is 5.05. The lowest BCUT2D eigenvalue weighted by atomic mass is 10.1. The molecule has 0 fully saturated rings. The van der Waals surface area contributed by atoms with Crippen LogP contribution in [0.15, 0.2) is 12.2 Å². The second-order valence-corrected chi connectivity index (χ2v) is 12.9. The Morgan fingerprint density at radius 1 is 0.643 bits per heavy atom. The number of esters is 2. The fraction of sp³-hybridized carbons (Fsp3) is 0.879. The molecular formula is C33H63O8P. The van der Waals surface area contributed by atoms with Crippen LogP contribution in [0.1, 0.15) is 162 Å². The number of ether oxygens (including phenoxy) is 2. The Hall–Kier alpha value is -1.21. The first-order valence-corrected chi connectivity index (χ1v) is 18.4. The molecule has 9 heteroatoms. The van der Waals surface area contributed by atoms with Crippen molar-refractivity contribution in [3.8, 4) is 0 Å². The summed E-state index contributed by atoms with van der Waals surface area (Å²) in [5.74, 6) is -0.814. The van der Waals surface area contributed by atoms with Crippen LogP contribution in [0.25, 0.3) is 0 Å². The summed E-state index contributed by atoms with van der Waals surface area (Å²) >= 11 is 0. The van der Waals surface area contributed by atoms with E-state index in [4.69, 9.17) is 14.0 Å². The Bertz CT molecular complexity index is 712. The predicted octanol–water partition coefficient (Wildman–Crippen LogP) is 9.77. The molecule has 0 radical (unpaired) electrons. The van der Waals surface area contributed by atoms with E-state index >= 15 is 0 Å². The average Bonchev–Trinajstić information content (AvgIpc) is 2.97. The van der Waals surface area contributed by atoms with E-state index in [1.54, 1.807) is 0 Å². The number of rotatable bonds is 31. The smallest absolute Gasteiger partial charge is 0.462 e. The van der Waals surface area contributed by atoms with Gasteiger partial charge in [-0.15, -0.1) is 0 Å². The van der Waals surface area contributed by atoms with Crippen molar-refractivity contribution in [3.05, 3.63) is 12.2 Å². The monoisotopic (exact) mass is 618 g/mol. The molecule has 42 heavy (non-hydrogen) atoms. The van der Waals surface area contributed by atoms with Crippen molar-refractivity contribution in [2.45, 2.75) is 168 Å². The van der Waals surface area contributed by atoms with E-state index in [0.717, 1.165) is 58.5 Å². The van der Waals surface area contributed by atoms with E-state index in [-0.39, 0.29) is 19.0 Å². The third-order valence-electron chi connectivity index (χ3n) is 7.26. The maximum Gasteiger partial charge on any atom is 0.472 e. The number of hydrogen-bond donors (Lipinski definition) is 1. The topological polar surface area (TPSA) is 108 Å². The maximum atomic E-state index is 12.4. The van der Waals surface area contributed by atoms with E-state index in [0.29, 0.717) is 12.8 Å². The zero-order chi connectivity index (χ0) is 31.2. The number of phosphoric acid groups is 1. The molecule has 0 aromatic heterocycles. The second kappa shape index (κ2) is 29.8. The molecule has 0 rings (SSSR count). The van der Waals surface area contributed by atoms with Crippen molar-refractivity contribution >= 4 is 19.8 Å². The Morgan fingerprint density at radius 3 is 1.55 bits per heavy atom. The van der Waals surface area contributed by atoms with Gasteiger partial charge in [-0.25, -0.2) is 4.57 Å². The van der Waals surface area contributed by atoms with Crippen molar-refractivity contribution in [3.63, 3.8) is 0 Å². The molecule has 0 aliphatic rings. The summed E-state index contributed by atoms with van der Waals surface area (Å²) in [7, 11) is -3.19. The van der Waals surface area contributed by atoms with Crippen LogP contribution < -0.4 is 0 Å². The molecule has 0 bridgehead atoms. The number of allylic oxidation sites excluding steroid dienone is 2. The summed E-state index contributed by atoms with van der Waals surface area (Å²) in [5.41, 5.74) is 0. The van der Waals surface area contributed by atoms with Crippen LogP contribution in [0.2, 0.25) is 0 Å². The second-order valence-electron chi connectivity index (χ2n) is 11.3. The van der Waals surface area contributed by atoms with Gasteiger partial charge >= 0.3 is 19.8 Å². The van der Waals surface area contributed by atoms with E-state index in [1.165, 1.54) is 77.0 Å². The number of hydrogen-bond acceptors (Lipinski definition) is 7.